The van der Waals surface area contributed by atoms with Crippen molar-refractivity contribution >= 4 is 33.5 Å². The first-order valence-electron chi connectivity index (χ1n) is 7.98. The highest BCUT2D eigenvalue weighted by Gasteiger charge is 2.21. The molecule has 1 unspecified atom stereocenters. The summed E-state index contributed by atoms with van der Waals surface area (Å²) in [5.41, 5.74) is 1.91. The number of ether oxygens (including phenoxy) is 1. The zero-order chi connectivity index (χ0) is 18.4. The maximum Gasteiger partial charge on any atom is 0.320 e. The fourth-order valence-corrected chi connectivity index (χ4v) is 2.93. The molecule has 6 heteroatoms. The molecule has 0 spiro atoms. The molecule has 134 valence electrons. The maximum atomic E-state index is 11.3. The minimum absolute atomic E-state index is 0.0110. The molecule has 0 amide bonds. The summed E-state index contributed by atoms with van der Waals surface area (Å²) in [5, 5.41) is 13.1. The van der Waals surface area contributed by atoms with Gasteiger partial charge in [-0.1, -0.05) is 53.5 Å². The molecule has 0 saturated heterocycles. The van der Waals surface area contributed by atoms with E-state index in [0.29, 0.717) is 18.2 Å². The Hall–Kier alpha value is -1.56. The monoisotopic (exact) mass is 425 g/mol. The van der Waals surface area contributed by atoms with Gasteiger partial charge in [-0.3, -0.25) is 10.1 Å². The Balaban J connectivity index is 2.08. The van der Waals surface area contributed by atoms with Gasteiger partial charge in [0.15, 0.2) is 0 Å². The van der Waals surface area contributed by atoms with E-state index >= 15 is 0 Å². The van der Waals surface area contributed by atoms with Crippen LogP contribution in [0.15, 0.2) is 46.9 Å². The van der Waals surface area contributed by atoms with Crippen LogP contribution in [0.2, 0.25) is 5.02 Å². The summed E-state index contributed by atoms with van der Waals surface area (Å²) in [6.45, 7) is 4.58. The number of halogens is 2. The van der Waals surface area contributed by atoms with Crippen molar-refractivity contribution in [1.29, 1.82) is 0 Å². The lowest BCUT2D eigenvalue weighted by Gasteiger charge is -2.19. The average molecular weight is 427 g/mol. The number of carboxylic acids is 1. The Morgan fingerprint density at radius 1 is 1.24 bits per heavy atom. The van der Waals surface area contributed by atoms with Gasteiger partial charge < -0.3 is 9.84 Å². The summed E-state index contributed by atoms with van der Waals surface area (Å²) in [6, 6.07) is 12.6. The zero-order valence-electron chi connectivity index (χ0n) is 14.1. The van der Waals surface area contributed by atoms with Gasteiger partial charge in [0, 0.05) is 21.6 Å². The van der Waals surface area contributed by atoms with Crippen LogP contribution in [0.25, 0.3) is 0 Å². The predicted octanol–water partition coefficient (Wildman–Crippen LogP) is 4.88. The van der Waals surface area contributed by atoms with Gasteiger partial charge >= 0.3 is 5.97 Å². The Labute approximate surface area is 161 Å². The second-order valence-corrected chi connectivity index (χ2v) is 7.46. The second kappa shape index (κ2) is 9.22. The van der Waals surface area contributed by atoms with Crippen molar-refractivity contribution in [3.05, 3.63) is 63.1 Å². The number of rotatable bonds is 8. The number of benzene rings is 2. The lowest BCUT2D eigenvalue weighted by Crippen LogP contribution is -2.40. The van der Waals surface area contributed by atoms with Gasteiger partial charge in [0.1, 0.15) is 18.4 Å². The number of carbonyl (C=O) groups is 1. The van der Waals surface area contributed by atoms with Crippen molar-refractivity contribution in [2.24, 2.45) is 5.92 Å². The number of carboxylic acid groups (broad SMARTS) is 1. The summed E-state index contributed by atoms with van der Waals surface area (Å²) in [4.78, 5) is 11.3. The van der Waals surface area contributed by atoms with Crippen LogP contribution in [0.3, 0.4) is 0 Å². The molecule has 0 fully saturated rings. The van der Waals surface area contributed by atoms with Gasteiger partial charge in [0.05, 0.1) is 0 Å². The number of hydrogen-bond donors (Lipinski definition) is 2. The van der Waals surface area contributed by atoms with Crippen LogP contribution < -0.4 is 10.1 Å². The molecule has 0 aliphatic rings. The van der Waals surface area contributed by atoms with Crippen LogP contribution in [0.4, 0.5) is 0 Å². The molecule has 2 aromatic carbocycles. The van der Waals surface area contributed by atoms with Crippen LogP contribution in [0.5, 0.6) is 5.75 Å². The van der Waals surface area contributed by atoms with Gasteiger partial charge in [-0.2, -0.15) is 0 Å². The molecule has 25 heavy (non-hydrogen) atoms. The van der Waals surface area contributed by atoms with Gasteiger partial charge in [0.2, 0.25) is 0 Å². The highest BCUT2D eigenvalue weighted by atomic mass is 79.9. The molecule has 2 N–H and O–H groups in total. The third-order valence-corrected chi connectivity index (χ3v) is 4.52. The highest BCUT2D eigenvalue weighted by Crippen LogP contribution is 2.25. The van der Waals surface area contributed by atoms with Crippen molar-refractivity contribution in [2.45, 2.75) is 33.0 Å². The number of aliphatic carboxylic acids is 1. The quantitative estimate of drug-likeness (QED) is 0.631. The topological polar surface area (TPSA) is 58.6 Å². The molecule has 4 nitrogen and oxygen atoms in total. The van der Waals surface area contributed by atoms with Crippen LogP contribution in [-0.2, 0) is 17.9 Å². The van der Waals surface area contributed by atoms with E-state index in [1.807, 2.05) is 56.3 Å². The van der Waals surface area contributed by atoms with E-state index in [0.717, 1.165) is 21.3 Å². The summed E-state index contributed by atoms with van der Waals surface area (Å²) in [5.74, 6) is -0.143. The Kier molecular flexibility index (Phi) is 7.29. The molecular formula is C19H21BrClNO3. The number of hydrogen-bond acceptors (Lipinski definition) is 3. The zero-order valence-corrected chi connectivity index (χ0v) is 16.5. The average Bonchev–Trinajstić information content (AvgIpc) is 2.55. The van der Waals surface area contributed by atoms with E-state index in [2.05, 4.69) is 21.2 Å². The molecular weight excluding hydrogens is 406 g/mol. The van der Waals surface area contributed by atoms with E-state index in [4.69, 9.17) is 16.3 Å². The molecule has 0 aromatic heterocycles. The minimum atomic E-state index is -0.853. The van der Waals surface area contributed by atoms with Gasteiger partial charge in [0.25, 0.3) is 0 Å². The molecule has 0 aliphatic carbocycles. The van der Waals surface area contributed by atoms with Crippen LogP contribution in [-0.4, -0.2) is 17.1 Å². The SMILES string of the molecule is CC(C)C(NCc1cc(Br)ccc1OCc1ccc(Cl)cc1)C(=O)O. The second-order valence-electron chi connectivity index (χ2n) is 6.11. The molecule has 0 heterocycles. The Morgan fingerprint density at radius 3 is 2.52 bits per heavy atom. The van der Waals surface area contributed by atoms with Crippen molar-refractivity contribution in [1.82, 2.24) is 5.32 Å². The fraction of sp³-hybridized carbons (Fsp3) is 0.316. The first kappa shape index (κ1) is 19.8. The van der Waals surface area contributed by atoms with Crippen LogP contribution >= 0.6 is 27.5 Å². The summed E-state index contributed by atoms with van der Waals surface area (Å²) in [6.07, 6.45) is 0. The van der Waals surface area contributed by atoms with Crippen LogP contribution in [0, 0.1) is 5.92 Å². The third kappa shape index (κ3) is 6.03. The molecule has 0 radical (unpaired) electrons. The normalized spacial score (nSPS) is 12.2. The lowest BCUT2D eigenvalue weighted by molar-refractivity contribution is -0.140. The Morgan fingerprint density at radius 2 is 1.92 bits per heavy atom. The van der Waals surface area contributed by atoms with E-state index in [-0.39, 0.29) is 5.92 Å². The standard InChI is InChI=1S/C19H21BrClNO3/c1-12(2)18(19(23)24)22-10-14-9-15(20)5-8-17(14)25-11-13-3-6-16(21)7-4-13/h3-9,12,18,22H,10-11H2,1-2H3,(H,23,24). The van der Waals surface area contributed by atoms with Crippen LogP contribution in [0.1, 0.15) is 25.0 Å². The number of nitrogens with one attached hydrogen (secondary N) is 1. The summed E-state index contributed by atoms with van der Waals surface area (Å²) in [7, 11) is 0. The molecule has 2 aromatic rings. The molecule has 1 atom stereocenters. The van der Waals surface area contributed by atoms with E-state index in [9.17, 15) is 9.90 Å². The van der Waals surface area contributed by atoms with Crippen molar-refractivity contribution in [2.75, 3.05) is 0 Å². The van der Waals surface area contributed by atoms with E-state index in [1.165, 1.54) is 0 Å². The van der Waals surface area contributed by atoms with E-state index < -0.39 is 12.0 Å². The predicted molar refractivity (Wildman–Crippen MR) is 103 cm³/mol. The van der Waals surface area contributed by atoms with Crippen molar-refractivity contribution in [3.8, 4) is 5.75 Å². The lowest BCUT2D eigenvalue weighted by atomic mass is 10.0. The van der Waals surface area contributed by atoms with Gasteiger partial charge in [-0.25, -0.2) is 0 Å². The van der Waals surface area contributed by atoms with Gasteiger partial charge in [-0.15, -0.1) is 0 Å². The largest absolute Gasteiger partial charge is 0.489 e. The first-order chi connectivity index (χ1) is 11.9. The maximum absolute atomic E-state index is 11.3. The van der Waals surface area contributed by atoms with E-state index in [1.54, 1.807) is 0 Å². The Bertz CT molecular complexity index is 719. The third-order valence-electron chi connectivity index (χ3n) is 3.78. The molecule has 0 saturated carbocycles. The summed E-state index contributed by atoms with van der Waals surface area (Å²) >= 11 is 9.34. The van der Waals surface area contributed by atoms with Gasteiger partial charge in [-0.05, 0) is 41.8 Å². The molecule has 2 rings (SSSR count). The molecule has 0 aliphatic heterocycles. The van der Waals surface area contributed by atoms with Crippen molar-refractivity contribution in [3.63, 3.8) is 0 Å². The summed E-state index contributed by atoms with van der Waals surface area (Å²) < 4.78 is 6.84. The first-order valence-corrected chi connectivity index (χ1v) is 9.15. The highest BCUT2D eigenvalue weighted by molar-refractivity contribution is 9.10. The fourth-order valence-electron chi connectivity index (χ4n) is 2.40. The smallest absolute Gasteiger partial charge is 0.320 e. The minimum Gasteiger partial charge on any atom is -0.489 e. The molecule has 0 bridgehead atoms. The van der Waals surface area contributed by atoms with Crippen molar-refractivity contribution < 1.29 is 14.6 Å².